The van der Waals surface area contributed by atoms with E-state index in [1.807, 2.05) is 25.1 Å². The van der Waals surface area contributed by atoms with Crippen LogP contribution in [0.5, 0.6) is 0 Å². The van der Waals surface area contributed by atoms with Crippen molar-refractivity contribution < 1.29 is 13.5 Å². The SMILES string of the molecule is Cc1cccc(N2CCN(C[C@H](O)c3ccc4c(c3)C[C@@H](C)N4S(C)(=O)=O)CC2)c1. The second-order valence-electron chi connectivity index (χ2n) is 8.64. The van der Waals surface area contributed by atoms with E-state index in [4.69, 9.17) is 0 Å². The van der Waals surface area contributed by atoms with Crippen molar-refractivity contribution in [1.82, 2.24) is 4.90 Å². The van der Waals surface area contributed by atoms with Crippen molar-refractivity contribution >= 4 is 21.4 Å². The molecule has 2 atom stereocenters. The van der Waals surface area contributed by atoms with Crippen LogP contribution in [0.3, 0.4) is 0 Å². The van der Waals surface area contributed by atoms with Crippen molar-refractivity contribution in [2.45, 2.75) is 32.4 Å². The summed E-state index contributed by atoms with van der Waals surface area (Å²) >= 11 is 0. The molecule has 2 aliphatic heterocycles. The van der Waals surface area contributed by atoms with Crippen molar-refractivity contribution in [2.24, 2.45) is 0 Å². The quantitative estimate of drug-likeness (QED) is 0.792. The second-order valence-corrected chi connectivity index (χ2v) is 10.5. The molecule has 0 aliphatic carbocycles. The normalized spacial score (nSPS) is 21.0. The number of hydrogen-bond acceptors (Lipinski definition) is 5. The van der Waals surface area contributed by atoms with E-state index in [0.717, 1.165) is 43.0 Å². The van der Waals surface area contributed by atoms with Gasteiger partial charge < -0.3 is 10.0 Å². The molecule has 2 aliphatic rings. The van der Waals surface area contributed by atoms with Gasteiger partial charge in [-0.25, -0.2) is 8.42 Å². The molecule has 162 valence electrons. The molecule has 0 saturated carbocycles. The number of aryl methyl sites for hydroxylation is 1. The van der Waals surface area contributed by atoms with Gasteiger partial charge in [0.15, 0.2) is 0 Å². The molecule has 4 rings (SSSR count). The Morgan fingerprint density at radius 2 is 1.83 bits per heavy atom. The highest BCUT2D eigenvalue weighted by Gasteiger charge is 2.33. The van der Waals surface area contributed by atoms with Crippen LogP contribution >= 0.6 is 0 Å². The van der Waals surface area contributed by atoms with Gasteiger partial charge in [0.2, 0.25) is 10.0 Å². The summed E-state index contributed by atoms with van der Waals surface area (Å²) in [6.07, 6.45) is 1.35. The fraction of sp³-hybridized carbons (Fsp3) is 0.478. The highest BCUT2D eigenvalue weighted by molar-refractivity contribution is 7.92. The number of anilines is 2. The lowest BCUT2D eigenvalue weighted by Crippen LogP contribution is -2.47. The molecule has 0 amide bonds. The Bertz CT molecular complexity index is 1020. The number of piperazine rings is 1. The minimum atomic E-state index is -3.29. The van der Waals surface area contributed by atoms with E-state index >= 15 is 0 Å². The van der Waals surface area contributed by atoms with E-state index in [9.17, 15) is 13.5 Å². The molecule has 7 heteroatoms. The third-order valence-corrected chi connectivity index (χ3v) is 7.44. The lowest BCUT2D eigenvalue weighted by molar-refractivity contribution is 0.109. The average Bonchev–Trinajstić information content (AvgIpc) is 3.03. The molecule has 0 aromatic heterocycles. The van der Waals surface area contributed by atoms with Crippen molar-refractivity contribution in [1.29, 1.82) is 0 Å². The summed E-state index contributed by atoms with van der Waals surface area (Å²) in [7, 11) is -3.29. The molecule has 1 fully saturated rings. The zero-order chi connectivity index (χ0) is 21.5. The number of benzene rings is 2. The number of aliphatic hydroxyl groups is 1. The number of fused-ring (bicyclic) bond motifs is 1. The van der Waals surface area contributed by atoms with Gasteiger partial charge >= 0.3 is 0 Å². The van der Waals surface area contributed by atoms with Crippen LogP contribution in [0.4, 0.5) is 11.4 Å². The molecule has 0 radical (unpaired) electrons. The summed E-state index contributed by atoms with van der Waals surface area (Å²) in [5.41, 5.74) is 5.13. The van der Waals surface area contributed by atoms with Gasteiger partial charge in [-0.15, -0.1) is 0 Å². The lowest BCUT2D eigenvalue weighted by atomic mass is 10.0. The van der Waals surface area contributed by atoms with Gasteiger partial charge in [-0.2, -0.15) is 0 Å². The Balaban J connectivity index is 1.39. The minimum Gasteiger partial charge on any atom is -0.387 e. The fourth-order valence-corrected chi connectivity index (χ4v) is 5.96. The van der Waals surface area contributed by atoms with Gasteiger partial charge in [0, 0.05) is 44.5 Å². The zero-order valence-corrected chi connectivity index (χ0v) is 18.8. The number of sulfonamides is 1. The smallest absolute Gasteiger partial charge is 0.232 e. The molecule has 2 aromatic rings. The van der Waals surface area contributed by atoms with Gasteiger partial charge in [0.05, 0.1) is 18.0 Å². The maximum Gasteiger partial charge on any atom is 0.232 e. The summed E-state index contributed by atoms with van der Waals surface area (Å²) in [6, 6.07) is 14.2. The van der Waals surface area contributed by atoms with Crippen LogP contribution in [0.15, 0.2) is 42.5 Å². The van der Waals surface area contributed by atoms with E-state index in [1.165, 1.54) is 21.8 Å². The summed E-state index contributed by atoms with van der Waals surface area (Å²) < 4.78 is 25.7. The van der Waals surface area contributed by atoms with Crippen molar-refractivity contribution in [2.75, 3.05) is 48.2 Å². The summed E-state index contributed by atoms with van der Waals surface area (Å²) in [6.45, 7) is 8.34. The second kappa shape index (κ2) is 8.21. The van der Waals surface area contributed by atoms with Crippen LogP contribution in [-0.4, -0.2) is 63.4 Å². The third-order valence-electron chi connectivity index (χ3n) is 6.17. The number of nitrogens with zero attached hydrogens (tertiary/aromatic N) is 3. The predicted molar refractivity (Wildman–Crippen MR) is 122 cm³/mol. The summed E-state index contributed by atoms with van der Waals surface area (Å²) in [5.74, 6) is 0. The van der Waals surface area contributed by atoms with Crippen molar-refractivity contribution in [3.63, 3.8) is 0 Å². The third kappa shape index (κ3) is 4.33. The van der Waals surface area contributed by atoms with Crippen LogP contribution in [-0.2, 0) is 16.4 Å². The summed E-state index contributed by atoms with van der Waals surface area (Å²) in [5, 5.41) is 10.8. The highest BCUT2D eigenvalue weighted by Crippen LogP contribution is 2.36. The molecule has 6 nitrogen and oxygen atoms in total. The van der Waals surface area contributed by atoms with E-state index in [-0.39, 0.29) is 6.04 Å². The van der Waals surface area contributed by atoms with Gasteiger partial charge in [0.25, 0.3) is 0 Å². The van der Waals surface area contributed by atoms with Crippen LogP contribution < -0.4 is 9.21 Å². The Labute approximate surface area is 179 Å². The van der Waals surface area contributed by atoms with Gasteiger partial charge in [-0.3, -0.25) is 9.21 Å². The molecular weight excluding hydrogens is 398 g/mol. The van der Waals surface area contributed by atoms with Crippen LogP contribution in [0, 0.1) is 6.92 Å². The minimum absolute atomic E-state index is 0.0860. The van der Waals surface area contributed by atoms with E-state index in [0.29, 0.717) is 13.0 Å². The molecule has 2 heterocycles. The first-order valence-electron chi connectivity index (χ1n) is 10.6. The highest BCUT2D eigenvalue weighted by atomic mass is 32.2. The molecule has 1 saturated heterocycles. The van der Waals surface area contributed by atoms with Gasteiger partial charge in [-0.1, -0.05) is 24.3 Å². The number of rotatable bonds is 5. The van der Waals surface area contributed by atoms with Crippen molar-refractivity contribution in [3.8, 4) is 0 Å². The first kappa shape index (κ1) is 21.2. The van der Waals surface area contributed by atoms with E-state index in [1.54, 1.807) is 0 Å². The first-order valence-corrected chi connectivity index (χ1v) is 12.4. The Kier molecular flexibility index (Phi) is 5.79. The average molecular weight is 430 g/mol. The van der Waals surface area contributed by atoms with Crippen LogP contribution in [0.2, 0.25) is 0 Å². The molecule has 30 heavy (non-hydrogen) atoms. The van der Waals surface area contributed by atoms with Gasteiger partial charge in [0.1, 0.15) is 0 Å². The topological polar surface area (TPSA) is 64.1 Å². The number of hydrogen-bond donors (Lipinski definition) is 1. The van der Waals surface area contributed by atoms with Crippen LogP contribution in [0.25, 0.3) is 0 Å². The molecule has 0 unspecified atom stereocenters. The molecular formula is C23H31N3O3S. The molecule has 0 bridgehead atoms. The predicted octanol–water partition coefficient (Wildman–Crippen LogP) is 2.56. The summed E-state index contributed by atoms with van der Waals surface area (Å²) in [4.78, 5) is 4.70. The first-order chi connectivity index (χ1) is 14.2. The monoisotopic (exact) mass is 429 g/mol. The largest absolute Gasteiger partial charge is 0.387 e. The van der Waals surface area contributed by atoms with E-state index in [2.05, 4.69) is 41.0 Å². The Morgan fingerprint density at radius 3 is 2.50 bits per heavy atom. The fourth-order valence-electron chi connectivity index (χ4n) is 4.70. The maximum absolute atomic E-state index is 12.1. The molecule has 1 N–H and O–H groups in total. The van der Waals surface area contributed by atoms with Crippen molar-refractivity contribution in [3.05, 3.63) is 59.2 Å². The zero-order valence-electron chi connectivity index (χ0n) is 18.0. The lowest BCUT2D eigenvalue weighted by Gasteiger charge is -2.37. The standard InChI is InChI=1S/C23H31N3O3S/c1-17-5-4-6-21(13-17)25-11-9-24(10-12-25)16-23(27)19-7-8-22-20(15-19)14-18(2)26(22)30(3,28)29/h4-8,13,15,18,23,27H,9-12,14,16H2,1-3H3/t18-,23+/m1/s1. The Hall–Kier alpha value is -2.09. The van der Waals surface area contributed by atoms with E-state index < -0.39 is 16.1 Å². The number of aliphatic hydroxyl groups excluding tert-OH is 1. The molecule has 2 aromatic carbocycles. The van der Waals surface area contributed by atoms with Crippen LogP contribution in [0.1, 0.15) is 29.7 Å². The number of β-amino-alcohol motifs (C(OH)–C–C–N with tert-alkyl or cyclic N) is 1. The van der Waals surface area contributed by atoms with Gasteiger partial charge in [-0.05, 0) is 55.2 Å². The molecule has 0 spiro atoms. The maximum atomic E-state index is 12.1. The Morgan fingerprint density at radius 1 is 1.10 bits per heavy atom.